The van der Waals surface area contributed by atoms with Crippen molar-refractivity contribution in [1.82, 2.24) is 10.4 Å². The smallest absolute Gasteiger partial charge is 0.347 e. The average Bonchev–Trinajstić information content (AvgIpc) is 3.15. The number of hydrazine groups is 1. The van der Waals surface area contributed by atoms with Gasteiger partial charge in [0, 0.05) is 41.8 Å². The van der Waals surface area contributed by atoms with Gasteiger partial charge in [-0.15, -0.1) is 0 Å². The van der Waals surface area contributed by atoms with E-state index in [1.807, 2.05) is 60.7 Å². The highest BCUT2D eigenvalue weighted by Crippen LogP contribution is 2.35. The van der Waals surface area contributed by atoms with Crippen LogP contribution in [0, 0.1) is 0 Å². The molecule has 10 heteroatoms. The van der Waals surface area contributed by atoms with Crippen molar-refractivity contribution in [3.8, 4) is 0 Å². The van der Waals surface area contributed by atoms with Crippen LogP contribution >= 0.6 is 0 Å². The molecule has 220 valence electrons. The number of hydrogen-bond acceptors (Lipinski definition) is 4. The number of fused-ring (bicyclic) bond motifs is 1. The minimum Gasteiger partial charge on any atom is -0.478 e. The van der Waals surface area contributed by atoms with Crippen LogP contribution in [0.25, 0.3) is 11.6 Å². The Labute approximate surface area is 254 Å². The minimum absolute atomic E-state index is 0.297. The highest BCUT2D eigenvalue weighted by Gasteiger charge is 2.32. The van der Waals surface area contributed by atoms with Crippen molar-refractivity contribution in [3.63, 3.8) is 0 Å². The fraction of sp³-hybridized carbons (Fsp3) is 0.0588. The van der Waals surface area contributed by atoms with E-state index >= 15 is 0 Å². The van der Waals surface area contributed by atoms with Gasteiger partial charge < -0.3 is 15.3 Å². The van der Waals surface area contributed by atoms with E-state index in [2.05, 4.69) is 10.7 Å². The number of carbonyl (C=O) groups excluding carboxylic acids is 3. The first-order valence-corrected chi connectivity index (χ1v) is 13.7. The summed E-state index contributed by atoms with van der Waals surface area (Å²) in [7, 11) is 1.64. The topological polar surface area (TPSA) is 122 Å². The number of benzene rings is 4. The second-order valence-corrected chi connectivity index (χ2v) is 9.82. The lowest BCUT2D eigenvalue weighted by molar-refractivity contribution is -0.131. The second-order valence-electron chi connectivity index (χ2n) is 9.82. The summed E-state index contributed by atoms with van der Waals surface area (Å²) in [5.41, 5.74) is 6.87. The number of para-hydroxylation sites is 2. The van der Waals surface area contributed by atoms with Crippen LogP contribution in [0.4, 0.5) is 26.7 Å². The molecule has 0 radical (unpaired) electrons. The maximum atomic E-state index is 14.1. The number of anilines is 3. The standard InChI is InChI=1S/C34H29N5O5/c1-37(27-15-6-3-7-16-27)31(40)23-38-30-18-9-8-17-28(30)29(25-12-4-2-5-13-25)22-39(34(38)44)36-33(43)35-26-14-10-11-24(21-26)19-20-32(41)42/h2-22H,23H2,1H3,(H,41,42)(H2,35,36,43)/b20-19+. The molecule has 5 amide bonds. The molecule has 0 saturated heterocycles. The fourth-order valence-electron chi connectivity index (χ4n) is 4.70. The Hall–Kier alpha value is -6.16. The van der Waals surface area contributed by atoms with E-state index in [0.29, 0.717) is 33.8 Å². The summed E-state index contributed by atoms with van der Waals surface area (Å²) in [6.45, 7) is -0.297. The van der Waals surface area contributed by atoms with E-state index in [0.717, 1.165) is 16.6 Å². The number of carboxylic acid groups (broad SMARTS) is 1. The summed E-state index contributed by atoms with van der Waals surface area (Å²) in [5, 5.41) is 12.7. The lowest BCUT2D eigenvalue weighted by Crippen LogP contribution is -2.52. The van der Waals surface area contributed by atoms with E-state index < -0.39 is 18.0 Å². The highest BCUT2D eigenvalue weighted by molar-refractivity contribution is 6.07. The Morgan fingerprint density at radius 3 is 2.27 bits per heavy atom. The minimum atomic E-state index is -1.10. The Morgan fingerprint density at radius 1 is 0.864 bits per heavy atom. The third kappa shape index (κ3) is 6.82. The van der Waals surface area contributed by atoms with Gasteiger partial charge in [0.2, 0.25) is 5.91 Å². The van der Waals surface area contributed by atoms with Gasteiger partial charge in [-0.3, -0.25) is 9.69 Å². The van der Waals surface area contributed by atoms with Crippen LogP contribution in [0.3, 0.4) is 0 Å². The van der Waals surface area contributed by atoms with Crippen molar-refractivity contribution in [3.05, 3.63) is 138 Å². The lowest BCUT2D eigenvalue weighted by Gasteiger charge is -2.29. The zero-order valence-corrected chi connectivity index (χ0v) is 23.8. The number of carboxylic acids is 1. The molecule has 5 rings (SSSR count). The Kier molecular flexibility index (Phi) is 8.81. The van der Waals surface area contributed by atoms with Crippen molar-refractivity contribution < 1.29 is 24.3 Å². The summed E-state index contributed by atoms with van der Waals surface area (Å²) in [5.74, 6) is -1.43. The van der Waals surface area contributed by atoms with E-state index in [4.69, 9.17) is 5.11 Å². The maximum Gasteiger partial charge on any atom is 0.347 e. The number of amides is 5. The summed E-state index contributed by atoms with van der Waals surface area (Å²) in [4.78, 5) is 54.5. The summed E-state index contributed by atoms with van der Waals surface area (Å²) in [6, 6.07) is 31.0. The van der Waals surface area contributed by atoms with Crippen molar-refractivity contribution in [2.24, 2.45) is 0 Å². The predicted octanol–water partition coefficient (Wildman–Crippen LogP) is 5.82. The van der Waals surface area contributed by atoms with Crippen LogP contribution in [-0.4, -0.2) is 47.6 Å². The average molecular weight is 588 g/mol. The molecule has 4 aromatic carbocycles. The number of rotatable bonds is 8. The van der Waals surface area contributed by atoms with Gasteiger partial charge >= 0.3 is 18.0 Å². The van der Waals surface area contributed by atoms with E-state index in [1.54, 1.807) is 55.6 Å². The number of nitrogens with zero attached hydrogens (tertiary/aromatic N) is 3. The molecule has 10 nitrogen and oxygen atoms in total. The summed E-state index contributed by atoms with van der Waals surface area (Å²) in [6.07, 6.45) is 3.93. The van der Waals surface area contributed by atoms with Gasteiger partial charge in [-0.25, -0.2) is 24.8 Å². The van der Waals surface area contributed by atoms with Crippen LogP contribution in [0.2, 0.25) is 0 Å². The molecular formula is C34H29N5O5. The molecule has 0 fully saturated rings. The molecule has 0 aliphatic carbocycles. The molecule has 4 aromatic rings. The van der Waals surface area contributed by atoms with Crippen LogP contribution < -0.4 is 20.5 Å². The first-order valence-electron chi connectivity index (χ1n) is 13.7. The number of carbonyl (C=O) groups is 4. The molecule has 1 heterocycles. The first kappa shape index (κ1) is 29.3. The number of aliphatic carboxylic acids is 1. The Bertz CT molecular complexity index is 1750. The van der Waals surface area contributed by atoms with Crippen molar-refractivity contribution in [2.75, 3.05) is 28.7 Å². The van der Waals surface area contributed by atoms with Crippen LogP contribution in [0.15, 0.2) is 121 Å². The highest BCUT2D eigenvalue weighted by atomic mass is 16.4. The zero-order chi connectivity index (χ0) is 31.1. The van der Waals surface area contributed by atoms with Gasteiger partial charge in [0.25, 0.3) is 0 Å². The van der Waals surface area contributed by atoms with E-state index in [1.165, 1.54) is 22.1 Å². The molecular weight excluding hydrogens is 558 g/mol. The van der Waals surface area contributed by atoms with Gasteiger partial charge in [0.1, 0.15) is 6.54 Å². The molecule has 1 aliphatic heterocycles. The van der Waals surface area contributed by atoms with Crippen molar-refractivity contribution >= 4 is 52.6 Å². The summed E-state index contributed by atoms with van der Waals surface area (Å²) < 4.78 is 0. The molecule has 0 bridgehead atoms. The molecule has 44 heavy (non-hydrogen) atoms. The number of likely N-dealkylation sites (N-methyl/N-ethyl adjacent to an activating group) is 1. The van der Waals surface area contributed by atoms with Gasteiger partial charge in [0.15, 0.2) is 0 Å². The molecule has 0 unspecified atom stereocenters. The Morgan fingerprint density at radius 2 is 1.55 bits per heavy atom. The van der Waals surface area contributed by atoms with E-state index in [9.17, 15) is 19.2 Å². The van der Waals surface area contributed by atoms with Crippen molar-refractivity contribution in [1.29, 1.82) is 0 Å². The van der Waals surface area contributed by atoms with Crippen LogP contribution in [-0.2, 0) is 9.59 Å². The monoisotopic (exact) mass is 587 g/mol. The maximum absolute atomic E-state index is 14.1. The van der Waals surface area contributed by atoms with Gasteiger partial charge in [0.05, 0.1) is 5.69 Å². The van der Waals surface area contributed by atoms with Crippen molar-refractivity contribution in [2.45, 2.75) is 0 Å². The van der Waals surface area contributed by atoms with Gasteiger partial charge in [-0.1, -0.05) is 78.9 Å². The number of nitrogens with one attached hydrogen (secondary N) is 2. The largest absolute Gasteiger partial charge is 0.478 e. The molecule has 0 saturated carbocycles. The van der Waals surface area contributed by atoms with Crippen LogP contribution in [0.5, 0.6) is 0 Å². The second kappa shape index (κ2) is 13.2. The molecule has 0 aromatic heterocycles. The predicted molar refractivity (Wildman–Crippen MR) is 170 cm³/mol. The molecule has 1 aliphatic rings. The third-order valence-electron chi connectivity index (χ3n) is 6.86. The summed E-state index contributed by atoms with van der Waals surface area (Å²) >= 11 is 0. The van der Waals surface area contributed by atoms with E-state index in [-0.39, 0.29) is 12.5 Å². The Balaban J connectivity index is 1.48. The molecule has 3 N–H and O–H groups in total. The number of urea groups is 2. The first-order chi connectivity index (χ1) is 21.3. The zero-order valence-electron chi connectivity index (χ0n) is 23.8. The number of hydrogen-bond donors (Lipinski definition) is 3. The SMILES string of the molecule is CN(C(=O)CN1C(=O)N(NC(=O)Nc2cccc(/C=C/C(=O)O)c2)C=C(c2ccccc2)c2ccccc21)c1ccccc1. The fourth-order valence-corrected chi connectivity index (χ4v) is 4.70. The lowest BCUT2D eigenvalue weighted by atomic mass is 9.97. The molecule has 0 spiro atoms. The quantitative estimate of drug-likeness (QED) is 0.225. The van der Waals surface area contributed by atoms with Crippen LogP contribution in [0.1, 0.15) is 16.7 Å². The normalized spacial score (nSPS) is 12.7. The van der Waals surface area contributed by atoms with Gasteiger partial charge in [-0.2, -0.15) is 0 Å². The van der Waals surface area contributed by atoms with Gasteiger partial charge in [-0.05, 0) is 47.5 Å². The third-order valence-corrected chi connectivity index (χ3v) is 6.86. The molecule has 0 atom stereocenters.